The average molecular weight is 283 g/mol. The van der Waals surface area contributed by atoms with Crippen LogP contribution in [0.2, 0.25) is 0 Å². The molecular formula is C11H11F2N5S. The molecule has 2 aromatic rings. The Labute approximate surface area is 112 Å². The van der Waals surface area contributed by atoms with E-state index in [9.17, 15) is 8.78 Å². The van der Waals surface area contributed by atoms with Crippen molar-refractivity contribution >= 4 is 29.1 Å². The molecule has 0 aliphatic carbocycles. The van der Waals surface area contributed by atoms with Crippen LogP contribution in [0.5, 0.6) is 0 Å². The van der Waals surface area contributed by atoms with Gasteiger partial charge in [0.05, 0.1) is 5.69 Å². The summed E-state index contributed by atoms with van der Waals surface area (Å²) in [5, 5.41) is 3.14. The van der Waals surface area contributed by atoms with Gasteiger partial charge in [-0.25, -0.2) is 24.6 Å². The maximum Gasteiger partial charge on any atom is 0.191 e. The lowest BCUT2D eigenvalue weighted by Crippen LogP contribution is -2.10. The van der Waals surface area contributed by atoms with E-state index in [1.165, 1.54) is 30.0 Å². The molecular weight excluding hydrogens is 272 g/mol. The summed E-state index contributed by atoms with van der Waals surface area (Å²) in [6.07, 6.45) is 1.79. The fourth-order valence-electron chi connectivity index (χ4n) is 1.39. The van der Waals surface area contributed by atoms with E-state index in [4.69, 9.17) is 5.84 Å². The van der Waals surface area contributed by atoms with Gasteiger partial charge in [0.1, 0.15) is 11.6 Å². The second kappa shape index (κ2) is 5.81. The zero-order chi connectivity index (χ0) is 13.8. The summed E-state index contributed by atoms with van der Waals surface area (Å²) in [6, 6.07) is 5.35. The van der Waals surface area contributed by atoms with E-state index < -0.39 is 11.6 Å². The van der Waals surface area contributed by atoms with Crippen molar-refractivity contribution in [2.45, 2.75) is 5.16 Å². The Morgan fingerprint density at radius 3 is 2.63 bits per heavy atom. The van der Waals surface area contributed by atoms with Gasteiger partial charge in [-0.1, -0.05) is 17.8 Å². The molecule has 1 aromatic heterocycles. The Hall–Kier alpha value is -1.93. The number of aromatic nitrogens is 2. The van der Waals surface area contributed by atoms with Gasteiger partial charge in [-0.2, -0.15) is 0 Å². The van der Waals surface area contributed by atoms with Crippen molar-refractivity contribution in [2.75, 3.05) is 17.0 Å². The van der Waals surface area contributed by atoms with Crippen molar-refractivity contribution < 1.29 is 8.78 Å². The first kappa shape index (κ1) is 13.5. The molecule has 8 heteroatoms. The first-order valence-electron chi connectivity index (χ1n) is 5.24. The molecule has 5 nitrogen and oxygen atoms in total. The third-order valence-electron chi connectivity index (χ3n) is 2.25. The molecule has 0 atom stereocenters. The molecule has 0 fully saturated rings. The van der Waals surface area contributed by atoms with E-state index in [1.54, 1.807) is 6.26 Å². The Morgan fingerprint density at radius 1 is 1.21 bits per heavy atom. The van der Waals surface area contributed by atoms with Crippen molar-refractivity contribution in [1.29, 1.82) is 0 Å². The topological polar surface area (TPSA) is 75.9 Å². The maximum atomic E-state index is 13.5. The summed E-state index contributed by atoms with van der Waals surface area (Å²) in [5.41, 5.74) is 2.38. The number of anilines is 3. The number of hydrogen-bond donors (Lipinski definition) is 3. The van der Waals surface area contributed by atoms with Crippen LogP contribution >= 0.6 is 11.8 Å². The van der Waals surface area contributed by atoms with Gasteiger partial charge < -0.3 is 10.7 Å². The van der Waals surface area contributed by atoms with Gasteiger partial charge in [0.2, 0.25) is 0 Å². The molecule has 0 bridgehead atoms. The lowest BCUT2D eigenvalue weighted by Gasteiger charge is -2.09. The lowest BCUT2D eigenvalue weighted by atomic mass is 10.3. The minimum absolute atomic E-state index is 0.00581. The highest BCUT2D eigenvalue weighted by atomic mass is 32.2. The largest absolute Gasteiger partial charge is 0.338 e. The smallest absolute Gasteiger partial charge is 0.191 e. The SMILES string of the molecule is CSc1nc(NN)cc(Nc2cccc(F)c2F)n1. The minimum atomic E-state index is -0.964. The van der Waals surface area contributed by atoms with Gasteiger partial charge in [0.15, 0.2) is 16.8 Å². The van der Waals surface area contributed by atoms with E-state index in [1.807, 2.05) is 0 Å². The van der Waals surface area contributed by atoms with E-state index in [2.05, 4.69) is 20.7 Å². The molecule has 1 aromatic carbocycles. The number of hydrogen-bond acceptors (Lipinski definition) is 6. The molecule has 0 aliphatic rings. The highest BCUT2D eigenvalue weighted by molar-refractivity contribution is 7.98. The molecule has 0 amide bonds. The number of nitrogens with two attached hydrogens (primary N) is 1. The summed E-state index contributed by atoms with van der Waals surface area (Å²) in [6.45, 7) is 0. The van der Waals surface area contributed by atoms with E-state index >= 15 is 0 Å². The predicted molar refractivity (Wildman–Crippen MR) is 71.3 cm³/mol. The third kappa shape index (κ3) is 3.09. The number of nitrogens with one attached hydrogen (secondary N) is 2. The van der Waals surface area contributed by atoms with Crippen molar-refractivity contribution in [1.82, 2.24) is 9.97 Å². The number of halogens is 2. The number of nitrogen functional groups attached to an aromatic ring is 1. The summed E-state index contributed by atoms with van der Waals surface area (Å²) in [4.78, 5) is 8.18. The molecule has 100 valence electrons. The van der Waals surface area contributed by atoms with Crippen LogP contribution in [0.3, 0.4) is 0 Å². The van der Waals surface area contributed by atoms with Crippen molar-refractivity contribution in [3.8, 4) is 0 Å². The van der Waals surface area contributed by atoms with Gasteiger partial charge in [0.25, 0.3) is 0 Å². The van der Waals surface area contributed by atoms with Crippen molar-refractivity contribution in [3.05, 3.63) is 35.9 Å². The van der Waals surface area contributed by atoms with Crippen LogP contribution in [0.1, 0.15) is 0 Å². The standard InChI is InChI=1S/C11H11F2N5S/c1-19-11-16-8(5-9(17-11)18-14)15-7-4-2-3-6(12)10(7)13/h2-5H,14H2,1H3,(H2,15,16,17,18). The van der Waals surface area contributed by atoms with Crippen LogP contribution in [0.25, 0.3) is 0 Å². The zero-order valence-corrected chi connectivity index (χ0v) is 10.8. The van der Waals surface area contributed by atoms with Crippen LogP contribution in [0, 0.1) is 11.6 Å². The Balaban J connectivity index is 2.34. The first-order valence-corrected chi connectivity index (χ1v) is 6.47. The van der Waals surface area contributed by atoms with Crippen molar-refractivity contribution in [3.63, 3.8) is 0 Å². The van der Waals surface area contributed by atoms with Crippen LogP contribution < -0.4 is 16.6 Å². The normalized spacial score (nSPS) is 10.3. The quantitative estimate of drug-likeness (QED) is 0.346. The molecule has 0 spiro atoms. The van der Waals surface area contributed by atoms with Gasteiger partial charge >= 0.3 is 0 Å². The highest BCUT2D eigenvalue weighted by Crippen LogP contribution is 2.23. The molecule has 0 saturated heterocycles. The summed E-state index contributed by atoms with van der Waals surface area (Å²) in [7, 11) is 0. The van der Waals surface area contributed by atoms with Gasteiger partial charge in [-0.05, 0) is 18.4 Å². The van der Waals surface area contributed by atoms with Gasteiger partial charge in [-0.3, -0.25) is 0 Å². The fraction of sp³-hybridized carbons (Fsp3) is 0.0909. The molecule has 0 saturated carbocycles. The number of thioether (sulfide) groups is 1. The van der Waals surface area contributed by atoms with Crippen LogP contribution in [-0.4, -0.2) is 16.2 Å². The number of hydrazine groups is 1. The Kier molecular flexibility index (Phi) is 4.13. The molecule has 2 rings (SSSR count). The summed E-state index contributed by atoms with van der Waals surface area (Å²) < 4.78 is 26.6. The molecule has 0 unspecified atom stereocenters. The summed E-state index contributed by atoms with van der Waals surface area (Å²) in [5.74, 6) is 4.08. The molecule has 4 N–H and O–H groups in total. The van der Waals surface area contributed by atoms with E-state index in [-0.39, 0.29) is 5.69 Å². The van der Waals surface area contributed by atoms with Crippen LogP contribution in [0.4, 0.5) is 26.1 Å². The van der Waals surface area contributed by atoms with E-state index in [0.717, 1.165) is 6.07 Å². The Bertz CT molecular complexity index is 571. The molecule has 0 radical (unpaired) electrons. The molecule has 0 aliphatic heterocycles. The Morgan fingerprint density at radius 2 is 1.95 bits per heavy atom. The van der Waals surface area contributed by atoms with E-state index in [0.29, 0.717) is 16.8 Å². The zero-order valence-electron chi connectivity index (χ0n) is 9.95. The lowest BCUT2D eigenvalue weighted by molar-refractivity contribution is 0.511. The van der Waals surface area contributed by atoms with Crippen LogP contribution in [-0.2, 0) is 0 Å². The van der Waals surface area contributed by atoms with Gasteiger partial charge in [0, 0.05) is 6.07 Å². The monoisotopic (exact) mass is 283 g/mol. The number of benzene rings is 1. The molecule has 19 heavy (non-hydrogen) atoms. The minimum Gasteiger partial charge on any atom is -0.338 e. The van der Waals surface area contributed by atoms with Crippen molar-refractivity contribution in [2.24, 2.45) is 5.84 Å². The van der Waals surface area contributed by atoms with Gasteiger partial charge in [-0.15, -0.1) is 0 Å². The molecule has 1 heterocycles. The van der Waals surface area contributed by atoms with Crippen LogP contribution in [0.15, 0.2) is 29.4 Å². The maximum absolute atomic E-state index is 13.5. The number of nitrogens with zero attached hydrogens (tertiary/aromatic N) is 2. The predicted octanol–water partition coefficient (Wildman–Crippen LogP) is 2.51. The summed E-state index contributed by atoms with van der Waals surface area (Å²) >= 11 is 1.30. The fourth-order valence-corrected chi connectivity index (χ4v) is 1.77. The number of rotatable bonds is 4. The second-order valence-corrected chi connectivity index (χ2v) is 4.27. The average Bonchev–Trinajstić information content (AvgIpc) is 2.43. The highest BCUT2D eigenvalue weighted by Gasteiger charge is 2.09. The third-order valence-corrected chi connectivity index (χ3v) is 2.80. The first-order chi connectivity index (χ1) is 9.13. The second-order valence-electron chi connectivity index (χ2n) is 3.50.